The zero-order valence-corrected chi connectivity index (χ0v) is 12.6. The maximum Gasteiger partial charge on any atom is 0.168 e. The predicted octanol–water partition coefficient (Wildman–Crippen LogP) is 4.09. The molecule has 1 rings (SSSR count). The lowest BCUT2D eigenvalue weighted by Crippen LogP contribution is -2.11. The van der Waals surface area contributed by atoms with Crippen molar-refractivity contribution >= 4 is 33.1 Å². The summed E-state index contributed by atoms with van der Waals surface area (Å²) in [5.74, 6) is 0. The van der Waals surface area contributed by atoms with E-state index in [1.165, 1.54) is 0 Å². The fourth-order valence-electron chi connectivity index (χ4n) is 0.983. The average Bonchev–Trinajstić information content (AvgIpc) is 2.25. The van der Waals surface area contributed by atoms with Gasteiger partial charge in [-0.05, 0) is 23.1 Å². The van der Waals surface area contributed by atoms with Crippen molar-refractivity contribution in [3.63, 3.8) is 0 Å². The van der Waals surface area contributed by atoms with Gasteiger partial charge in [0.1, 0.15) is 0 Å². The molecule has 0 saturated carbocycles. The van der Waals surface area contributed by atoms with Crippen LogP contribution in [-0.4, -0.2) is 10.4 Å². The second-order valence-electron chi connectivity index (χ2n) is 4.71. The SMILES string of the molecule is C=C(S(=O)N=Cc1ccc(Br)cc1)C(C)(C)C. The van der Waals surface area contributed by atoms with Gasteiger partial charge in [-0.15, -0.1) is 0 Å². The molecule has 17 heavy (non-hydrogen) atoms. The lowest BCUT2D eigenvalue weighted by atomic mass is 9.97. The Morgan fingerprint density at radius 2 is 1.88 bits per heavy atom. The summed E-state index contributed by atoms with van der Waals surface area (Å²) in [4.78, 5) is 0.630. The second kappa shape index (κ2) is 5.74. The molecule has 0 heterocycles. The number of allylic oxidation sites excluding steroid dienone is 1. The summed E-state index contributed by atoms with van der Waals surface area (Å²) in [6.07, 6.45) is 1.61. The van der Waals surface area contributed by atoms with E-state index >= 15 is 0 Å². The minimum Gasteiger partial charge on any atom is -0.230 e. The van der Waals surface area contributed by atoms with Crippen molar-refractivity contribution in [1.82, 2.24) is 0 Å². The van der Waals surface area contributed by atoms with Gasteiger partial charge < -0.3 is 0 Å². The van der Waals surface area contributed by atoms with Crippen LogP contribution in [-0.2, 0) is 11.0 Å². The first kappa shape index (κ1) is 14.3. The summed E-state index contributed by atoms with van der Waals surface area (Å²) in [5.41, 5.74) is 0.727. The van der Waals surface area contributed by atoms with E-state index in [0.717, 1.165) is 10.0 Å². The topological polar surface area (TPSA) is 29.4 Å². The third kappa shape index (κ3) is 4.56. The highest BCUT2D eigenvalue weighted by atomic mass is 79.9. The zero-order valence-electron chi connectivity index (χ0n) is 10.2. The number of hydrogen-bond acceptors (Lipinski definition) is 1. The molecule has 0 bridgehead atoms. The maximum atomic E-state index is 11.8. The highest BCUT2D eigenvalue weighted by Crippen LogP contribution is 2.26. The van der Waals surface area contributed by atoms with Gasteiger partial charge in [-0.3, -0.25) is 0 Å². The van der Waals surface area contributed by atoms with Crippen LogP contribution < -0.4 is 0 Å². The monoisotopic (exact) mass is 313 g/mol. The Balaban J connectivity index is 2.75. The third-order valence-electron chi connectivity index (χ3n) is 2.21. The van der Waals surface area contributed by atoms with Crippen LogP contribution in [0.3, 0.4) is 0 Å². The Hall–Kier alpha value is -0.740. The van der Waals surface area contributed by atoms with Crippen LogP contribution in [0, 0.1) is 5.41 Å². The summed E-state index contributed by atoms with van der Waals surface area (Å²) in [6.45, 7) is 9.75. The van der Waals surface area contributed by atoms with Crippen molar-refractivity contribution < 1.29 is 4.21 Å². The quantitative estimate of drug-likeness (QED) is 0.773. The van der Waals surface area contributed by atoms with E-state index < -0.39 is 11.0 Å². The molecule has 1 atom stereocenters. The Bertz CT molecular complexity index is 457. The average molecular weight is 314 g/mol. The molecule has 0 spiro atoms. The molecule has 0 saturated heterocycles. The molecular formula is C13H16BrNOS. The third-order valence-corrected chi connectivity index (χ3v) is 4.07. The van der Waals surface area contributed by atoms with E-state index in [9.17, 15) is 4.21 Å². The van der Waals surface area contributed by atoms with E-state index in [4.69, 9.17) is 0 Å². The normalized spacial score (nSPS) is 13.9. The first-order valence-corrected chi connectivity index (χ1v) is 7.11. The standard InChI is InChI=1S/C13H16BrNOS/c1-10(13(2,3)4)17(16)15-9-11-5-7-12(14)8-6-11/h5-9H,1H2,2-4H3. The largest absolute Gasteiger partial charge is 0.230 e. The van der Waals surface area contributed by atoms with Crippen molar-refractivity contribution in [2.24, 2.45) is 9.81 Å². The molecular weight excluding hydrogens is 298 g/mol. The fraction of sp³-hybridized carbons (Fsp3) is 0.308. The lowest BCUT2D eigenvalue weighted by Gasteiger charge is -2.18. The molecule has 2 nitrogen and oxygen atoms in total. The first-order valence-electron chi connectivity index (χ1n) is 5.21. The van der Waals surface area contributed by atoms with Gasteiger partial charge in [0.15, 0.2) is 11.0 Å². The first-order chi connectivity index (χ1) is 7.80. The van der Waals surface area contributed by atoms with Gasteiger partial charge in [-0.25, -0.2) is 4.21 Å². The highest BCUT2D eigenvalue weighted by Gasteiger charge is 2.19. The Morgan fingerprint density at radius 1 is 1.35 bits per heavy atom. The van der Waals surface area contributed by atoms with Crippen molar-refractivity contribution in [3.8, 4) is 0 Å². The minimum atomic E-state index is -1.38. The molecule has 0 radical (unpaired) electrons. The molecule has 1 aromatic carbocycles. The highest BCUT2D eigenvalue weighted by molar-refractivity contribution is 9.10. The summed E-state index contributed by atoms with van der Waals surface area (Å²) in [6, 6.07) is 7.65. The summed E-state index contributed by atoms with van der Waals surface area (Å²) < 4.78 is 16.9. The number of halogens is 1. The van der Waals surface area contributed by atoms with E-state index in [0.29, 0.717) is 4.91 Å². The van der Waals surface area contributed by atoms with Gasteiger partial charge in [-0.1, -0.05) is 55.4 Å². The molecule has 0 aliphatic rings. The van der Waals surface area contributed by atoms with Crippen LogP contribution in [0.25, 0.3) is 0 Å². The van der Waals surface area contributed by atoms with E-state index in [1.807, 2.05) is 45.0 Å². The van der Waals surface area contributed by atoms with Crippen LogP contribution in [0.2, 0.25) is 0 Å². The summed E-state index contributed by atoms with van der Waals surface area (Å²) in [5, 5.41) is 0. The Morgan fingerprint density at radius 3 is 2.35 bits per heavy atom. The van der Waals surface area contributed by atoms with Gasteiger partial charge in [-0.2, -0.15) is 4.40 Å². The van der Waals surface area contributed by atoms with Crippen molar-refractivity contribution in [1.29, 1.82) is 0 Å². The van der Waals surface area contributed by atoms with E-state index in [1.54, 1.807) is 6.21 Å². The van der Waals surface area contributed by atoms with Crippen molar-refractivity contribution in [2.75, 3.05) is 0 Å². The molecule has 0 fully saturated rings. The predicted molar refractivity (Wildman–Crippen MR) is 78.5 cm³/mol. The Labute approximate surface area is 114 Å². The van der Waals surface area contributed by atoms with Crippen LogP contribution in [0.15, 0.2) is 44.6 Å². The smallest absolute Gasteiger partial charge is 0.168 e. The zero-order chi connectivity index (χ0) is 13.1. The van der Waals surface area contributed by atoms with Gasteiger partial charge >= 0.3 is 0 Å². The van der Waals surface area contributed by atoms with Crippen LogP contribution in [0.5, 0.6) is 0 Å². The number of benzene rings is 1. The van der Waals surface area contributed by atoms with Gasteiger partial charge in [0.2, 0.25) is 0 Å². The molecule has 1 unspecified atom stereocenters. The lowest BCUT2D eigenvalue weighted by molar-refractivity contribution is 0.529. The minimum absolute atomic E-state index is 0.193. The molecule has 0 amide bonds. The summed E-state index contributed by atoms with van der Waals surface area (Å²) in [7, 11) is -1.38. The van der Waals surface area contributed by atoms with Crippen LogP contribution in [0.4, 0.5) is 0 Å². The maximum absolute atomic E-state index is 11.8. The summed E-state index contributed by atoms with van der Waals surface area (Å²) >= 11 is 3.36. The number of rotatable bonds is 3. The molecule has 92 valence electrons. The molecule has 0 aliphatic carbocycles. The Kier molecular flexibility index (Phi) is 4.83. The fourth-order valence-corrected chi connectivity index (χ4v) is 2.12. The van der Waals surface area contributed by atoms with Crippen LogP contribution in [0.1, 0.15) is 26.3 Å². The van der Waals surface area contributed by atoms with Gasteiger partial charge in [0.05, 0.1) is 0 Å². The number of hydrogen-bond donors (Lipinski definition) is 0. The van der Waals surface area contributed by atoms with E-state index in [-0.39, 0.29) is 5.41 Å². The van der Waals surface area contributed by atoms with Gasteiger partial charge in [0.25, 0.3) is 0 Å². The van der Waals surface area contributed by atoms with E-state index in [2.05, 4.69) is 26.9 Å². The van der Waals surface area contributed by atoms with Crippen molar-refractivity contribution in [2.45, 2.75) is 20.8 Å². The van der Waals surface area contributed by atoms with Crippen molar-refractivity contribution in [3.05, 3.63) is 45.8 Å². The number of nitrogens with zero attached hydrogens (tertiary/aromatic N) is 1. The molecule has 0 aromatic heterocycles. The second-order valence-corrected chi connectivity index (χ2v) is 6.83. The molecule has 0 aliphatic heterocycles. The van der Waals surface area contributed by atoms with Crippen LogP contribution >= 0.6 is 15.9 Å². The van der Waals surface area contributed by atoms with Gasteiger partial charge in [0, 0.05) is 15.6 Å². The molecule has 0 N–H and O–H groups in total. The molecule has 1 aromatic rings. The molecule has 4 heteroatoms.